The molecule has 0 spiro atoms. The molecule has 3 unspecified atom stereocenters. The summed E-state index contributed by atoms with van der Waals surface area (Å²) in [7, 11) is 0. The molecule has 2 rings (SSSR count). The van der Waals surface area contributed by atoms with Gasteiger partial charge in [0, 0.05) is 17.8 Å². The summed E-state index contributed by atoms with van der Waals surface area (Å²) in [5.41, 5.74) is 0. The maximum atomic E-state index is 12.0. The third-order valence-corrected chi connectivity index (χ3v) is 5.04. The van der Waals surface area contributed by atoms with Crippen molar-refractivity contribution in [1.82, 2.24) is 10.6 Å². The van der Waals surface area contributed by atoms with E-state index < -0.39 is 0 Å². The Labute approximate surface area is 121 Å². The maximum absolute atomic E-state index is 12.0. The Morgan fingerprint density at radius 1 is 1.39 bits per heavy atom. The molecular formula is C13H25ClN2OS. The Morgan fingerprint density at radius 3 is 2.89 bits per heavy atom. The zero-order valence-corrected chi connectivity index (χ0v) is 12.7. The summed E-state index contributed by atoms with van der Waals surface area (Å²) < 4.78 is 0. The summed E-state index contributed by atoms with van der Waals surface area (Å²) in [5, 5.41) is 7.28. The molecule has 0 radical (unpaired) electrons. The fraction of sp³-hybridized carbons (Fsp3) is 0.923. The number of carbonyl (C=O) groups excluding carboxylic acids is 1. The van der Waals surface area contributed by atoms with Crippen molar-refractivity contribution in [3.05, 3.63) is 0 Å². The van der Waals surface area contributed by atoms with Crippen LogP contribution in [-0.2, 0) is 4.79 Å². The van der Waals surface area contributed by atoms with Gasteiger partial charge in [-0.2, -0.15) is 11.8 Å². The summed E-state index contributed by atoms with van der Waals surface area (Å²) in [6.07, 6.45) is 5.95. The van der Waals surface area contributed by atoms with E-state index in [2.05, 4.69) is 29.3 Å². The predicted octanol–water partition coefficient (Wildman–Crippen LogP) is 2.20. The van der Waals surface area contributed by atoms with Crippen LogP contribution in [0.2, 0.25) is 0 Å². The topological polar surface area (TPSA) is 41.1 Å². The number of nitrogens with one attached hydrogen (secondary N) is 2. The van der Waals surface area contributed by atoms with E-state index in [0.717, 1.165) is 24.8 Å². The van der Waals surface area contributed by atoms with Gasteiger partial charge < -0.3 is 10.6 Å². The maximum Gasteiger partial charge on any atom is 0.224 e. The standard InChI is InChI=1S/C13H24N2OS.ClH/c1-2-17-12-5-3-4-11(8-12)15-13(16)10-6-7-14-9-10;/h10-12,14H,2-9H2,1H3,(H,15,16);1H. The van der Waals surface area contributed by atoms with Crippen LogP contribution in [0.1, 0.15) is 39.0 Å². The van der Waals surface area contributed by atoms with Crippen molar-refractivity contribution >= 4 is 30.1 Å². The minimum Gasteiger partial charge on any atom is -0.353 e. The fourth-order valence-electron chi connectivity index (χ4n) is 2.86. The molecule has 2 N–H and O–H groups in total. The number of carbonyl (C=O) groups is 1. The zero-order chi connectivity index (χ0) is 12.1. The van der Waals surface area contributed by atoms with Gasteiger partial charge in [-0.15, -0.1) is 12.4 Å². The summed E-state index contributed by atoms with van der Waals surface area (Å²) in [5.74, 6) is 1.69. The average molecular weight is 293 g/mol. The molecule has 3 nitrogen and oxygen atoms in total. The van der Waals surface area contributed by atoms with E-state index in [0.29, 0.717) is 6.04 Å². The van der Waals surface area contributed by atoms with E-state index in [4.69, 9.17) is 0 Å². The van der Waals surface area contributed by atoms with E-state index in [1.54, 1.807) is 0 Å². The first-order valence-corrected chi connectivity index (χ1v) is 7.97. The van der Waals surface area contributed by atoms with Crippen LogP contribution in [0.25, 0.3) is 0 Å². The SMILES string of the molecule is CCSC1CCCC(NC(=O)C2CCNC2)C1.Cl. The first-order chi connectivity index (χ1) is 8.29. The molecule has 5 heteroatoms. The smallest absolute Gasteiger partial charge is 0.224 e. The highest BCUT2D eigenvalue weighted by molar-refractivity contribution is 7.99. The summed E-state index contributed by atoms with van der Waals surface area (Å²) in [4.78, 5) is 12.0. The van der Waals surface area contributed by atoms with Crippen molar-refractivity contribution in [2.24, 2.45) is 5.92 Å². The molecule has 3 atom stereocenters. The number of amides is 1. The molecule has 18 heavy (non-hydrogen) atoms. The normalized spacial score (nSPS) is 31.7. The summed E-state index contributed by atoms with van der Waals surface area (Å²) >= 11 is 2.05. The monoisotopic (exact) mass is 292 g/mol. The lowest BCUT2D eigenvalue weighted by Gasteiger charge is -2.30. The fourth-order valence-corrected chi connectivity index (χ4v) is 4.03. The average Bonchev–Trinajstić information content (AvgIpc) is 2.83. The summed E-state index contributed by atoms with van der Waals surface area (Å²) in [6, 6.07) is 0.431. The van der Waals surface area contributed by atoms with Gasteiger partial charge in [0.05, 0.1) is 5.92 Å². The van der Waals surface area contributed by atoms with Crippen molar-refractivity contribution in [1.29, 1.82) is 0 Å². The van der Waals surface area contributed by atoms with Gasteiger partial charge in [0.2, 0.25) is 5.91 Å². The molecule has 1 heterocycles. The van der Waals surface area contributed by atoms with Crippen LogP contribution >= 0.6 is 24.2 Å². The van der Waals surface area contributed by atoms with E-state index in [1.165, 1.54) is 31.4 Å². The minimum absolute atomic E-state index is 0. The molecule has 0 aromatic carbocycles. The van der Waals surface area contributed by atoms with Crippen LogP contribution in [0.5, 0.6) is 0 Å². The second-order valence-electron chi connectivity index (χ2n) is 5.14. The highest BCUT2D eigenvalue weighted by Crippen LogP contribution is 2.28. The molecule has 1 amide bonds. The molecule has 1 aliphatic carbocycles. The lowest BCUT2D eigenvalue weighted by molar-refractivity contribution is -0.125. The molecule has 1 saturated heterocycles. The van der Waals surface area contributed by atoms with E-state index >= 15 is 0 Å². The number of halogens is 1. The molecule has 2 fully saturated rings. The van der Waals surface area contributed by atoms with Gasteiger partial charge in [0.25, 0.3) is 0 Å². The number of thioether (sulfide) groups is 1. The van der Waals surface area contributed by atoms with E-state index in [1.807, 2.05) is 0 Å². The molecule has 106 valence electrons. The Morgan fingerprint density at radius 2 is 2.22 bits per heavy atom. The highest BCUT2D eigenvalue weighted by atomic mass is 35.5. The minimum atomic E-state index is 0. The molecule has 1 aliphatic heterocycles. The van der Waals surface area contributed by atoms with Crippen molar-refractivity contribution in [3.63, 3.8) is 0 Å². The van der Waals surface area contributed by atoms with Crippen LogP contribution in [0, 0.1) is 5.92 Å². The Kier molecular flexibility index (Phi) is 7.42. The van der Waals surface area contributed by atoms with Crippen LogP contribution in [-0.4, -0.2) is 36.0 Å². The van der Waals surface area contributed by atoms with Crippen LogP contribution in [0.15, 0.2) is 0 Å². The molecule has 2 aliphatic rings. The Hall–Kier alpha value is 0.0700. The number of rotatable bonds is 4. The first kappa shape index (κ1) is 16.1. The lowest BCUT2D eigenvalue weighted by atomic mass is 9.94. The number of hydrogen-bond donors (Lipinski definition) is 2. The van der Waals surface area contributed by atoms with Gasteiger partial charge in [-0.25, -0.2) is 0 Å². The third-order valence-electron chi connectivity index (χ3n) is 3.81. The second-order valence-corrected chi connectivity index (χ2v) is 6.72. The van der Waals surface area contributed by atoms with Crippen LogP contribution in [0.4, 0.5) is 0 Å². The molecular weight excluding hydrogens is 268 g/mol. The van der Waals surface area contributed by atoms with Crippen molar-refractivity contribution in [2.75, 3.05) is 18.8 Å². The third kappa shape index (κ3) is 4.63. The van der Waals surface area contributed by atoms with Gasteiger partial charge >= 0.3 is 0 Å². The highest BCUT2D eigenvalue weighted by Gasteiger charge is 2.27. The van der Waals surface area contributed by atoms with E-state index in [9.17, 15) is 4.79 Å². The molecule has 0 aromatic heterocycles. The van der Waals surface area contributed by atoms with Crippen molar-refractivity contribution < 1.29 is 4.79 Å². The van der Waals surface area contributed by atoms with Gasteiger partial charge in [0.1, 0.15) is 0 Å². The van der Waals surface area contributed by atoms with Gasteiger partial charge in [-0.1, -0.05) is 13.3 Å². The quantitative estimate of drug-likeness (QED) is 0.835. The van der Waals surface area contributed by atoms with Crippen molar-refractivity contribution in [2.45, 2.75) is 50.3 Å². The predicted molar refractivity (Wildman–Crippen MR) is 80.5 cm³/mol. The molecule has 1 saturated carbocycles. The lowest BCUT2D eigenvalue weighted by Crippen LogP contribution is -2.42. The van der Waals surface area contributed by atoms with Crippen molar-refractivity contribution in [3.8, 4) is 0 Å². The summed E-state index contributed by atoms with van der Waals surface area (Å²) in [6.45, 7) is 4.08. The Bertz CT molecular complexity index is 257. The van der Waals surface area contributed by atoms with Gasteiger partial charge in [0.15, 0.2) is 0 Å². The zero-order valence-electron chi connectivity index (χ0n) is 11.1. The largest absolute Gasteiger partial charge is 0.353 e. The van der Waals surface area contributed by atoms with E-state index in [-0.39, 0.29) is 24.2 Å². The second kappa shape index (κ2) is 8.28. The Balaban J connectivity index is 0.00000162. The van der Waals surface area contributed by atoms with Gasteiger partial charge in [-0.05, 0) is 38.0 Å². The first-order valence-electron chi connectivity index (χ1n) is 6.92. The molecule has 0 aromatic rings. The van der Waals surface area contributed by atoms with Crippen LogP contribution < -0.4 is 10.6 Å². The molecule has 0 bridgehead atoms. The number of hydrogen-bond acceptors (Lipinski definition) is 3. The van der Waals surface area contributed by atoms with Gasteiger partial charge in [-0.3, -0.25) is 4.79 Å². The van der Waals surface area contributed by atoms with Crippen LogP contribution in [0.3, 0.4) is 0 Å².